The fourth-order valence-corrected chi connectivity index (χ4v) is 2.59. The molecule has 1 nitrogen and oxygen atoms in total. The van der Waals surface area contributed by atoms with Gasteiger partial charge in [0.05, 0.1) is 0 Å². The monoisotopic (exact) mass is 301 g/mol. The van der Waals surface area contributed by atoms with E-state index in [1.54, 1.807) is 0 Å². The first-order chi connectivity index (χ1) is 7.74. The molecule has 1 saturated carbocycles. The summed E-state index contributed by atoms with van der Waals surface area (Å²) in [6.45, 7) is 4.44. The van der Waals surface area contributed by atoms with Crippen LogP contribution in [0.25, 0.3) is 0 Å². The van der Waals surface area contributed by atoms with E-state index in [1.165, 1.54) is 30.6 Å². The van der Waals surface area contributed by atoms with E-state index in [0.29, 0.717) is 0 Å². The molecule has 0 atom stereocenters. The Morgan fingerprint density at radius 2 is 2.19 bits per heavy atom. The maximum absolute atomic E-state index is 6.09. The topological polar surface area (TPSA) is 3.24 Å². The van der Waals surface area contributed by atoms with Gasteiger partial charge < -0.3 is 4.90 Å². The highest BCUT2D eigenvalue weighted by atomic mass is 79.9. The van der Waals surface area contributed by atoms with Gasteiger partial charge in [-0.25, -0.2) is 0 Å². The Morgan fingerprint density at radius 1 is 1.44 bits per heavy atom. The van der Waals surface area contributed by atoms with E-state index < -0.39 is 0 Å². The van der Waals surface area contributed by atoms with Crippen LogP contribution in [0.15, 0.2) is 18.2 Å². The predicted octanol–water partition coefficient (Wildman–Crippen LogP) is 4.47. The van der Waals surface area contributed by atoms with Gasteiger partial charge in [-0.2, -0.15) is 0 Å². The molecule has 88 valence electrons. The van der Waals surface area contributed by atoms with Crippen LogP contribution in [-0.2, 0) is 5.33 Å². The van der Waals surface area contributed by atoms with E-state index in [1.807, 2.05) is 6.07 Å². The van der Waals surface area contributed by atoms with Crippen LogP contribution >= 0.6 is 27.5 Å². The van der Waals surface area contributed by atoms with Crippen LogP contribution in [0.2, 0.25) is 5.02 Å². The number of halogens is 2. The first kappa shape index (κ1) is 12.3. The second-order valence-corrected chi connectivity index (χ2v) is 5.39. The highest BCUT2D eigenvalue weighted by Gasteiger charge is 2.24. The highest BCUT2D eigenvalue weighted by Crippen LogP contribution is 2.33. The lowest BCUT2D eigenvalue weighted by atomic mass is 10.1. The van der Waals surface area contributed by atoms with Crippen molar-refractivity contribution in [3.8, 4) is 0 Å². The van der Waals surface area contributed by atoms with Crippen molar-refractivity contribution in [1.82, 2.24) is 0 Å². The highest BCUT2D eigenvalue weighted by molar-refractivity contribution is 9.08. The van der Waals surface area contributed by atoms with Crippen molar-refractivity contribution >= 4 is 33.2 Å². The third kappa shape index (κ3) is 2.92. The van der Waals surface area contributed by atoms with Gasteiger partial charge in [0.1, 0.15) is 0 Å². The third-order valence-electron chi connectivity index (χ3n) is 3.09. The lowest BCUT2D eigenvalue weighted by Gasteiger charge is -2.25. The van der Waals surface area contributed by atoms with E-state index in [9.17, 15) is 0 Å². The Kier molecular flexibility index (Phi) is 4.15. The smallest absolute Gasteiger partial charge is 0.0426 e. The molecular formula is C13H17BrClN. The molecule has 0 heterocycles. The minimum absolute atomic E-state index is 0.828. The fourth-order valence-electron chi connectivity index (χ4n) is 1.95. The van der Waals surface area contributed by atoms with Crippen LogP contribution in [0.3, 0.4) is 0 Å². The molecule has 1 aromatic carbocycles. The van der Waals surface area contributed by atoms with Crippen LogP contribution in [0.1, 0.15) is 25.3 Å². The molecule has 1 aliphatic rings. The van der Waals surface area contributed by atoms with E-state index >= 15 is 0 Å². The molecule has 0 spiro atoms. The quantitative estimate of drug-likeness (QED) is 0.725. The van der Waals surface area contributed by atoms with Gasteiger partial charge in [0.25, 0.3) is 0 Å². The zero-order chi connectivity index (χ0) is 11.5. The maximum Gasteiger partial charge on any atom is 0.0426 e. The molecule has 16 heavy (non-hydrogen) atoms. The summed E-state index contributed by atoms with van der Waals surface area (Å²) >= 11 is 9.63. The van der Waals surface area contributed by atoms with E-state index in [2.05, 4.69) is 39.9 Å². The van der Waals surface area contributed by atoms with Gasteiger partial charge in [0.2, 0.25) is 0 Å². The van der Waals surface area contributed by atoms with Gasteiger partial charge in [-0.15, -0.1) is 0 Å². The molecule has 0 aliphatic heterocycles. The number of hydrogen-bond donors (Lipinski definition) is 0. The van der Waals surface area contributed by atoms with Gasteiger partial charge in [0.15, 0.2) is 0 Å². The summed E-state index contributed by atoms with van der Waals surface area (Å²) in [5, 5.41) is 1.72. The first-order valence-corrected chi connectivity index (χ1v) is 7.34. The number of benzene rings is 1. The van der Waals surface area contributed by atoms with Gasteiger partial charge in [-0.3, -0.25) is 0 Å². The summed E-state index contributed by atoms with van der Waals surface area (Å²) in [6.07, 6.45) is 2.78. The van der Waals surface area contributed by atoms with Crippen LogP contribution in [0.5, 0.6) is 0 Å². The minimum atomic E-state index is 0.828. The molecule has 3 heteroatoms. The van der Waals surface area contributed by atoms with Gasteiger partial charge in [-0.05, 0) is 43.4 Å². The lowest BCUT2D eigenvalue weighted by molar-refractivity contribution is 0.740. The standard InChI is InChI=1S/C13H17BrClN/c1-2-16(9-10-3-4-10)13-7-12(15)6-5-11(13)8-14/h5-7,10H,2-4,8-9H2,1H3. The number of nitrogens with zero attached hydrogens (tertiary/aromatic N) is 1. The second-order valence-electron chi connectivity index (χ2n) is 4.39. The van der Waals surface area contributed by atoms with Crippen molar-refractivity contribution in [3.05, 3.63) is 28.8 Å². The molecule has 0 bridgehead atoms. The van der Waals surface area contributed by atoms with Crippen molar-refractivity contribution in [1.29, 1.82) is 0 Å². The third-order valence-corrected chi connectivity index (χ3v) is 3.93. The number of anilines is 1. The molecule has 2 rings (SSSR count). The van der Waals surface area contributed by atoms with Gasteiger partial charge >= 0.3 is 0 Å². The van der Waals surface area contributed by atoms with E-state index in [-0.39, 0.29) is 0 Å². The second kappa shape index (κ2) is 5.42. The molecule has 1 fully saturated rings. The largest absolute Gasteiger partial charge is 0.371 e. The average molecular weight is 303 g/mol. The van der Waals surface area contributed by atoms with Crippen molar-refractivity contribution < 1.29 is 0 Å². The number of rotatable bonds is 5. The summed E-state index contributed by atoms with van der Waals surface area (Å²) in [4.78, 5) is 2.44. The molecule has 1 aromatic rings. The summed E-state index contributed by atoms with van der Waals surface area (Å²) in [5.74, 6) is 0.905. The SMILES string of the molecule is CCN(CC1CC1)c1cc(Cl)ccc1CBr. The summed E-state index contributed by atoms with van der Waals surface area (Å²) in [7, 11) is 0. The predicted molar refractivity (Wildman–Crippen MR) is 74.7 cm³/mol. The average Bonchev–Trinajstić information content (AvgIpc) is 3.09. The molecule has 0 saturated heterocycles. The zero-order valence-corrected chi connectivity index (χ0v) is 11.9. The number of hydrogen-bond acceptors (Lipinski definition) is 1. The molecule has 0 radical (unpaired) electrons. The Hall–Kier alpha value is -0.210. The van der Waals surface area contributed by atoms with Crippen LogP contribution in [0.4, 0.5) is 5.69 Å². The van der Waals surface area contributed by atoms with Crippen molar-refractivity contribution in [2.24, 2.45) is 5.92 Å². The van der Waals surface area contributed by atoms with Crippen molar-refractivity contribution in [2.45, 2.75) is 25.1 Å². The lowest BCUT2D eigenvalue weighted by Crippen LogP contribution is -2.26. The molecule has 1 aliphatic carbocycles. The van der Waals surface area contributed by atoms with Crippen LogP contribution < -0.4 is 4.90 Å². The number of alkyl halides is 1. The zero-order valence-electron chi connectivity index (χ0n) is 9.55. The molecular weight excluding hydrogens is 286 g/mol. The Balaban J connectivity index is 2.23. The molecule has 0 aromatic heterocycles. The molecule has 0 N–H and O–H groups in total. The van der Waals surface area contributed by atoms with Gasteiger partial charge in [-0.1, -0.05) is 33.6 Å². The van der Waals surface area contributed by atoms with Gasteiger partial charge in [0, 0.05) is 29.1 Å². The van der Waals surface area contributed by atoms with E-state index in [0.717, 1.165) is 22.8 Å². The molecule has 0 unspecified atom stereocenters. The minimum Gasteiger partial charge on any atom is -0.371 e. The Labute approximate surface area is 111 Å². The summed E-state index contributed by atoms with van der Waals surface area (Å²) in [5.41, 5.74) is 2.62. The first-order valence-electron chi connectivity index (χ1n) is 5.84. The van der Waals surface area contributed by atoms with E-state index in [4.69, 9.17) is 11.6 Å². The fraction of sp³-hybridized carbons (Fsp3) is 0.538. The van der Waals surface area contributed by atoms with Crippen molar-refractivity contribution in [2.75, 3.05) is 18.0 Å². The summed E-state index contributed by atoms with van der Waals surface area (Å²) < 4.78 is 0. The maximum atomic E-state index is 6.09. The van der Waals surface area contributed by atoms with Crippen LogP contribution in [0, 0.1) is 5.92 Å². The molecule has 0 amide bonds. The Morgan fingerprint density at radius 3 is 2.75 bits per heavy atom. The normalized spacial score (nSPS) is 15.2. The summed E-state index contributed by atoms with van der Waals surface area (Å²) in [6, 6.07) is 6.17. The van der Waals surface area contributed by atoms with Crippen molar-refractivity contribution in [3.63, 3.8) is 0 Å². The van der Waals surface area contributed by atoms with Crippen LogP contribution in [-0.4, -0.2) is 13.1 Å². The Bertz CT molecular complexity index is 363.